The van der Waals surface area contributed by atoms with Crippen LogP contribution in [0.25, 0.3) is 0 Å². The van der Waals surface area contributed by atoms with Crippen molar-refractivity contribution in [2.45, 2.75) is 70.2 Å². The number of carbonyl (C=O) groups excluding carboxylic acids is 2. The maximum absolute atomic E-state index is 13.6. The van der Waals surface area contributed by atoms with Gasteiger partial charge in [-0.25, -0.2) is 4.99 Å². The first-order chi connectivity index (χ1) is 17.5. The van der Waals surface area contributed by atoms with Gasteiger partial charge in [-0.05, 0) is 57.7 Å². The van der Waals surface area contributed by atoms with E-state index in [0.717, 1.165) is 16.9 Å². The fourth-order valence-corrected chi connectivity index (χ4v) is 5.66. The van der Waals surface area contributed by atoms with E-state index >= 15 is 0 Å². The fourth-order valence-electron chi connectivity index (χ4n) is 5.66. The molecule has 0 saturated heterocycles. The van der Waals surface area contributed by atoms with Crippen LogP contribution in [0.2, 0.25) is 0 Å². The minimum Gasteiger partial charge on any atom is -0.495 e. The lowest BCUT2D eigenvalue weighted by molar-refractivity contribution is -0.132. The molecule has 4 unspecified atom stereocenters. The Hall–Kier alpha value is -3.62. The number of ether oxygens (including phenoxy) is 2. The Morgan fingerprint density at radius 3 is 2.73 bits per heavy atom. The van der Waals surface area contributed by atoms with Crippen molar-refractivity contribution in [2.24, 2.45) is 22.6 Å². The van der Waals surface area contributed by atoms with Crippen molar-refractivity contribution in [2.75, 3.05) is 7.11 Å². The maximum atomic E-state index is 13.6. The maximum Gasteiger partial charge on any atom is 0.232 e. The summed E-state index contributed by atoms with van der Waals surface area (Å²) in [5.74, 6) is 0.980. The highest BCUT2D eigenvalue weighted by atomic mass is 16.5. The summed E-state index contributed by atoms with van der Waals surface area (Å²) in [6, 6.07) is 9.05. The molecule has 1 saturated carbocycles. The predicted molar refractivity (Wildman–Crippen MR) is 139 cm³/mol. The minimum absolute atomic E-state index is 0.0383. The number of rotatable bonds is 6. The largest absolute Gasteiger partial charge is 0.495 e. The van der Waals surface area contributed by atoms with E-state index in [4.69, 9.17) is 15.2 Å². The van der Waals surface area contributed by atoms with Crippen molar-refractivity contribution in [3.8, 4) is 11.5 Å². The summed E-state index contributed by atoms with van der Waals surface area (Å²) < 4.78 is 11.5. The number of guanidine groups is 1. The second-order valence-electron chi connectivity index (χ2n) is 11.5. The second kappa shape index (κ2) is 9.04. The van der Waals surface area contributed by atoms with Gasteiger partial charge in [0.15, 0.2) is 5.96 Å². The molecule has 37 heavy (non-hydrogen) atoms. The van der Waals surface area contributed by atoms with Crippen LogP contribution >= 0.6 is 0 Å². The number of aliphatic imine (C=N–C) groups is 1. The molecule has 196 valence electrons. The Kier molecular flexibility index (Phi) is 6.12. The van der Waals surface area contributed by atoms with Gasteiger partial charge in [0.1, 0.15) is 17.1 Å². The first kappa shape index (κ1) is 25.0. The van der Waals surface area contributed by atoms with Crippen LogP contribution in [-0.2, 0) is 9.59 Å². The van der Waals surface area contributed by atoms with E-state index in [1.165, 1.54) is 0 Å². The van der Waals surface area contributed by atoms with E-state index in [9.17, 15) is 9.59 Å². The third-order valence-electron chi connectivity index (χ3n) is 7.38. The molecule has 3 heterocycles. The Morgan fingerprint density at radius 2 is 2.00 bits per heavy atom. The van der Waals surface area contributed by atoms with Crippen molar-refractivity contribution >= 4 is 17.8 Å². The number of benzene rings is 1. The lowest BCUT2D eigenvalue weighted by Crippen LogP contribution is -2.52. The molecule has 0 bridgehead atoms. The van der Waals surface area contributed by atoms with Crippen LogP contribution in [0, 0.1) is 11.8 Å². The molecule has 2 aromatic rings. The van der Waals surface area contributed by atoms with Gasteiger partial charge < -0.3 is 20.5 Å². The smallest absolute Gasteiger partial charge is 0.232 e. The van der Waals surface area contributed by atoms with Crippen LogP contribution in [0.15, 0.2) is 47.7 Å². The standard InChI is InChI=1S/C28H35N5O4/c1-27(2)13-23(34)33(26(29)32-27)24(16-10-17(36-5)15-30-14-16)19-11-20(19)25(35)31-21-12-28(3,4)37-22-9-7-6-8-18(21)22/h6-10,14-15,19-21,24H,11-13H2,1-5H3,(H2,29,32)(H,31,35). The van der Waals surface area contributed by atoms with Crippen molar-refractivity contribution in [1.82, 2.24) is 15.2 Å². The molecule has 3 N–H and O–H groups in total. The minimum atomic E-state index is -0.571. The third-order valence-corrected chi connectivity index (χ3v) is 7.38. The van der Waals surface area contributed by atoms with Gasteiger partial charge in [0.25, 0.3) is 0 Å². The van der Waals surface area contributed by atoms with Crippen molar-refractivity contribution in [1.29, 1.82) is 0 Å². The lowest BCUT2D eigenvalue weighted by Gasteiger charge is -2.38. The zero-order valence-corrected chi connectivity index (χ0v) is 22.0. The molecule has 1 aromatic carbocycles. The van der Waals surface area contributed by atoms with E-state index in [1.807, 2.05) is 58.0 Å². The first-order valence-corrected chi connectivity index (χ1v) is 12.7. The number of hydrogen-bond donors (Lipinski definition) is 2. The van der Waals surface area contributed by atoms with Crippen molar-refractivity contribution in [3.63, 3.8) is 0 Å². The summed E-state index contributed by atoms with van der Waals surface area (Å²) in [4.78, 5) is 37.3. The number of methoxy groups -OCH3 is 1. The van der Waals surface area contributed by atoms with E-state index in [2.05, 4.69) is 15.3 Å². The summed E-state index contributed by atoms with van der Waals surface area (Å²) >= 11 is 0. The highest BCUT2D eigenvalue weighted by Gasteiger charge is 2.53. The predicted octanol–water partition coefficient (Wildman–Crippen LogP) is 3.51. The van der Waals surface area contributed by atoms with Crippen LogP contribution in [0.1, 0.15) is 70.2 Å². The Morgan fingerprint density at radius 1 is 1.24 bits per heavy atom. The van der Waals surface area contributed by atoms with Gasteiger partial charge in [0.05, 0.1) is 37.4 Å². The number of carbonyl (C=O) groups is 2. The highest BCUT2D eigenvalue weighted by molar-refractivity contribution is 5.99. The molecule has 9 heteroatoms. The van der Waals surface area contributed by atoms with Gasteiger partial charge in [-0.15, -0.1) is 0 Å². The molecule has 5 rings (SSSR count). The normalized spacial score (nSPS) is 26.3. The van der Waals surface area contributed by atoms with Crippen molar-refractivity contribution in [3.05, 3.63) is 53.9 Å². The molecular formula is C28H35N5O4. The molecular weight excluding hydrogens is 470 g/mol. The van der Waals surface area contributed by atoms with Crippen LogP contribution in [0.4, 0.5) is 0 Å². The topological polar surface area (TPSA) is 119 Å². The summed E-state index contributed by atoms with van der Waals surface area (Å²) in [5.41, 5.74) is 7.14. The Bertz CT molecular complexity index is 1260. The van der Waals surface area contributed by atoms with E-state index < -0.39 is 17.2 Å². The summed E-state index contributed by atoms with van der Waals surface area (Å²) in [6.07, 6.45) is 4.84. The Labute approximate surface area is 217 Å². The highest BCUT2D eigenvalue weighted by Crippen LogP contribution is 2.52. The average molecular weight is 506 g/mol. The van der Waals surface area contributed by atoms with Gasteiger partial charge in [-0.1, -0.05) is 18.2 Å². The number of amides is 2. The van der Waals surface area contributed by atoms with E-state index in [0.29, 0.717) is 18.6 Å². The van der Waals surface area contributed by atoms with E-state index in [-0.39, 0.29) is 42.1 Å². The van der Waals surface area contributed by atoms with Crippen LogP contribution in [-0.4, -0.2) is 45.9 Å². The molecule has 9 nitrogen and oxygen atoms in total. The van der Waals surface area contributed by atoms with E-state index in [1.54, 1.807) is 24.4 Å². The molecule has 1 aliphatic carbocycles. The number of hydrogen-bond acceptors (Lipinski definition) is 7. The molecule has 4 atom stereocenters. The zero-order chi connectivity index (χ0) is 26.5. The van der Waals surface area contributed by atoms with Gasteiger partial charge in [0, 0.05) is 24.1 Å². The molecule has 0 radical (unpaired) electrons. The molecule has 1 aromatic heterocycles. The van der Waals surface area contributed by atoms with Crippen LogP contribution < -0.4 is 20.5 Å². The molecule has 0 spiro atoms. The molecule has 1 fully saturated rings. The lowest BCUT2D eigenvalue weighted by atomic mass is 9.89. The summed E-state index contributed by atoms with van der Waals surface area (Å²) in [5, 5.41) is 3.27. The van der Waals surface area contributed by atoms with Gasteiger partial charge >= 0.3 is 0 Å². The number of fused-ring (bicyclic) bond motifs is 1. The van der Waals surface area contributed by atoms with Gasteiger partial charge in [0.2, 0.25) is 11.8 Å². The second-order valence-corrected chi connectivity index (χ2v) is 11.5. The first-order valence-electron chi connectivity index (χ1n) is 12.7. The number of aromatic nitrogens is 1. The monoisotopic (exact) mass is 505 g/mol. The van der Waals surface area contributed by atoms with Gasteiger partial charge in [-0.3, -0.25) is 19.5 Å². The fraction of sp³-hybridized carbons (Fsp3) is 0.500. The quantitative estimate of drug-likeness (QED) is 0.620. The number of nitrogens with two attached hydrogens (primary N) is 1. The number of pyridine rings is 1. The zero-order valence-electron chi connectivity index (χ0n) is 22.0. The number of nitrogens with zero attached hydrogens (tertiary/aromatic N) is 3. The summed E-state index contributed by atoms with van der Waals surface area (Å²) in [6.45, 7) is 7.83. The molecule has 2 amide bonds. The third kappa shape index (κ3) is 4.99. The number of para-hydroxylation sites is 1. The SMILES string of the molecule is COc1cncc(C(C2CC2C(=O)NC2CC(C)(C)Oc3ccccc32)N2C(=O)CC(C)(C)N=C2N)c1. The average Bonchev–Trinajstić information content (AvgIpc) is 3.60. The summed E-state index contributed by atoms with van der Waals surface area (Å²) in [7, 11) is 1.57. The van der Waals surface area contributed by atoms with Crippen LogP contribution in [0.5, 0.6) is 11.5 Å². The van der Waals surface area contributed by atoms with Crippen LogP contribution in [0.3, 0.4) is 0 Å². The Balaban J connectivity index is 1.42. The molecule has 2 aliphatic heterocycles. The van der Waals surface area contributed by atoms with Gasteiger partial charge in [-0.2, -0.15) is 0 Å². The van der Waals surface area contributed by atoms with Crippen molar-refractivity contribution < 1.29 is 19.1 Å². The molecule has 3 aliphatic rings. The number of nitrogens with one attached hydrogen (secondary N) is 1.